The summed E-state index contributed by atoms with van der Waals surface area (Å²) >= 11 is 0. The van der Waals surface area contributed by atoms with Crippen LogP contribution in [0.3, 0.4) is 0 Å². The molecule has 1 amide bonds. The Balaban J connectivity index is 1.49. The molecule has 0 radical (unpaired) electrons. The molecular formula is C20H26N6O. The van der Waals surface area contributed by atoms with Gasteiger partial charge in [0, 0.05) is 37.7 Å². The van der Waals surface area contributed by atoms with E-state index in [4.69, 9.17) is 0 Å². The van der Waals surface area contributed by atoms with E-state index in [-0.39, 0.29) is 11.3 Å². The molecule has 1 spiro atoms. The van der Waals surface area contributed by atoms with E-state index in [2.05, 4.69) is 31.1 Å². The standard InChI is InChI=1S/C20H26N6O/c1-15-4-5-18(24-23-15)25-9-3-7-20(13-25)8-6-19(27)26(14-20)12-17-11-21-16(2)10-22-17/h4-5,10-11H,3,6-9,12-14H2,1-2H3. The van der Waals surface area contributed by atoms with E-state index in [1.807, 2.05) is 24.8 Å². The molecule has 2 aliphatic rings. The zero-order valence-corrected chi connectivity index (χ0v) is 16.1. The molecule has 1 unspecified atom stereocenters. The van der Waals surface area contributed by atoms with Crippen molar-refractivity contribution in [3.63, 3.8) is 0 Å². The number of nitrogens with zero attached hydrogens (tertiary/aromatic N) is 6. The zero-order chi connectivity index (χ0) is 18.9. The van der Waals surface area contributed by atoms with Crippen LogP contribution in [0.5, 0.6) is 0 Å². The van der Waals surface area contributed by atoms with Crippen LogP contribution in [0.1, 0.15) is 42.8 Å². The number of hydrogen-bond acceptors (Lipinski definition) is 6. The Morgan fingerprint density at radius 1 is 1.04 bits per heavy atom. The van der Waals surface area contributed by atoms with Crippen molar-refractivity contribution in [1.29, 1.82) is 0 Å². The third kappa shape index (κ3) is 3.91. The van der Waals surface area contributed by atoms with Gasteiger partial charge < -0.3 is 9.80 Å². The predicted molar refractivity (Wildman–Crippen MR) is 102 cm³/mol. The van der Waals surface area contributed by atoms with E-state index in [1.165, 1.54) is 0 Å². The molecule has 4 heterocycles. The highest BCUT2D eigenvalue weighted by molar-refractivity contribution is 5.77. The van der Waals surface area contributed by atoms with Gasteiger partial charge in [-0.15, -0.1) is 5.10 Å². The molecule has 4 rings (SSSR count). The minimum atomic E-state index is 0.122. The molecule has 0 aromatic carbocycles. The number of anilines is 1. The molecule has 2 aromatic heterocycles. The maximum absolute atomic E-state index is 12.5. The van der Waals surface area contributed by atoms with Crippen molar-refractivity contribution >= 4 is 11.7 Å². The molecule has 27 heavy (non-hydrogen) atoms. The topological polar surface area (TPSA) is 75.1 Å². The molecule has 7 heteroatoms. The minimum absolute atomic E-state index is 0.122. The molecule has 142 valence electrons. The maximum Gasteiger partial charge on any atom is 0.222 e. The van der Waals surface area contributed by atoms with Gasteiger partial charge in [-0.1, -0.05) is 0 Å². The Labute approximate surface area is 159 Å². The van der Waals surface area contributed by atoms with E-state index in [0.717, 1.165) is 61.8 Å². The fraction of sp³-hybridized carbons (Fsp3) is 0.550. The molecule has 7 nitrogen and oxygen atoms in total. The van der Waals surface area contributed by atoms with E-state index < -0.39 is 0 Å². The molecule has 1 atom stereocenters. The van der Waals surface area contributed by atoms with Crippen LogP contribution in [0.4, 0.5) is 5.82 Å². The number of rotatable bonds is 3. The predicted octanol–water partition coefficient (Wildman–Crippen LogP) is 2.29. The van der Waals surface area contributed by atoms with Crippen LogP contribution >= 0.6 is 0 Å². The van der Waals surface area contributed by atoms with Crippen molar-refractivity contribution in [2.24, 2.45) is 5.41 Å². The van der Waals surface area contributed by atoms with Gasteiger partial charge in [0.25, 0.3) is 0 Å². The summed E-state index contributed by atoms with van der Waals surface area (Å²) < 4.78 is 0. The molecule has 0 saturated carbocycles. The number of carbonyl (C=O) groups excluding carboxylic acids is 1. The van der Waals surface area contributed by atoms with Crippen molar-refractivity contribution < 1.29 is 4.79 Å². The van der Waals surface area contributed by atoms with Gasteiger partial charge in [-0.2, -0.15) is 5.10 Å². The van der Waals surface area contributed by atoms with Crippen LogP contribution in [0, 0.1) is 19.3 Å². The van der Waals surface area contributed by atoms with Gasteiger partial charge in [-0.05, 0) is 45.2 Å². The summed E-state index contributed by atoms with van der Waals surface area (Å²) in [5.41, 5.74) is 2.79. The SMILES string of the molecule is Cc1cnc(CN2CC3(CCCN(c4ccc(C)nn4)C3)CCC2=O)cn1. The Morgan fingerprint density at radius 3 is 2.67 bits per heavy atom. The summed E-state index contributed by atoms with van der Waals surface area (Å²) in [5, 5.41) is 8.57. The first-order valence-corrected chi connectivity index (χ1v) is 9.64. The summed E-state index contributed by atoms with van der Waals surface area (Å²) in [7, 11) is 0. The van der Waals surface area contributed by atoms with E-state index in [0.29, 0.717) is 13.0 Å². The first-order valence-electron chi connectivity index (χ1n) is 9.64. The Hall–Kier alpha value is -2.57. The monoisotopic (exact) mass is 366 g/mol. The van der Waals surface area contributed by atoms with Gasteiger partial charge in [0.2, 0.25) is 5.91 Å². The minimum Gasteiger partial charge on any atom is -0.355 e. The first-order chi connectivity index (χ1) is 13.0. The quantitative estimate of drug-likeness (QED) is 0.830. The van der Waals surface area contributed by atoms with E-state index >= 15 is 0 Å². The van der Waals surface area contributed by atoms with Crippen LogP contribution in [-0.4, -0.2) is 50.6 Å². The Morgan fingerprint density at radius 2 is 1.93 bits per heavy atom. The van der Waals surface area contributed by atoms with Crippen molar-refractivity contribution in [2.45, 2.75) is 46.1 Å². The summed E-state index contributed by atoms with van der Waals surface area (Å²) in [4.78, 5) is 25.6. The van der Waals surface area contributed by atoms with Crippen molar-refractivity contribution in [3.8, 4) is 0 Å². The lowest BCUT2D eigenvalue weighted by Crippen LogP contribution is -2.54. The van der Waals surface area contributed by atoms with Crippen molar-refractivity contribution in [2.75, 3.05) is 24.5 Å². The van der Waals surface area contributed by atoms with Gasteiger partial charge in [-0.25, -0.2) is 0 Å². The fourth-order valence-electron chi connectivity index (χ4n) is 4.24. The van der Waals surface area contributed by atoms with Gasteiger partial charge in [0.1, 0.15) is 0 Å². The lowest BCUT2D eigenvalue weighted by molar-refractivity contribution is -0.138. The summed E-state index contributed by atoms with van der Waals surface area (Å²) in [6, 6.07) is 4.06. The highest BCUT2D eigenvalue weighted by Crippen LogP contribution is 2.40. The molecule has 2 saturated heterocycles. The van der Waals surface area contributed by atoms with Crippen LogP contribution < -0.4 is 4.90 Å². The Bertz CT molecular complexity index is 806. The van der Waals surface area contributed by atoms with Gasteiger partial charge >= 0.3 is 0 Å². The van der Waals surface area contributed by atoms with Crippen LogP contribution in [0.25, 0.3) is 0 Å². The lowest BCUT2D eigenvalue weighted by Gasteiger charge is -2.48. The number of amides is 1. The van der Waals surface area contributed by atoms with Crippen LogP contribution in [0.2, 0.25) is 0 Å². The second kappa shape index (κ2) is 7.21. The van der Waals surface area contributed by atoms with Gasteiger partial charge in [0.15, 0.2) is 5.82 Å². The number of carbonyl (C=O) groups is 1. The van der Waals surface area contributed by atoms with Crippen molar-refractivity contribution in [1.82, 2.24) is 25.1 Å². The second-order valence-corrected chi connectivity index (χ2v) is 7.96. The number of aryl methyl sites for hydroxylation is 2. The molecular weight excluding hydrogens is 340 g/mol. The molecule has 2 fully saturated rings. The molecule has 0 aliphatic carbocycles. The summed E-state index contributed by atoms with van der Waals surface area (Å²) in [6.45, 7) is 7.11. The van der Waals surface area contributed by atoms with E-state index in [1.54, 1.807) is 12.4 Å². The molecule has 2 aromatic rings. The largest absolute Gasteiger partial charge is 0.355 e. The lowest BCUT2D eigenvalue weighted by atomic mass is 9.73. The van der Waals surface area contributed by atoms with Gasteiger partial charge in [0.05, 0.1) is 29.8 Å². The highest BCUT2D eigenvalue weighted by atomic mass is 16.2. The Kier molecular flexibility index (Phi) is 4.76. The summed E-state index contributed by atoms with van der Waals surface area (Å²) in [5.74, 6) is 1.16. The average Bonchev–Trinajstić information content (AvgIpc) is 2.67. The third-order valence-corrected chi connectivity index (χ3v) is 5.70. The zero-order valence-electron chi connectivity index (χ0n) is 16.1. The van der Waals surface area contributed by atoms with Gasteiger partial charge in [-0.3, -0.25) is 14.8 Å². The summed E-state index contributed by atoms with van der Waals surface area (Å²) in [6.07, 6.45) is 7.34. The van der Waals surface area contributed by atoms with Crippen LogP contribution in [0.15, 0.2) is 24.5 Å². The number of likely N-dealkylation sites (tertiary alicyclic amines) is 1. The number of piperidine rings is 2. The maximum atomic E-state index is 12.5. The first kappa shape index (κ1) is 17.8. The number of aromatic nitrogens is 4. The van der Waals surface area contributed by atoms with E-state index in [9.17, 15) is 4.79 Å². The molecule has 2 aliphatic heterocycles. The second-order valence-electron chi connectivity index (χ2n) is 7.96. The molecule has 0 bridgehead atoms. The molecule has 0 N–H and O–H groups in total. The van der Waals surface area contributed by atoms with Crippen molar-refractivity contribution in [3.05, 3.63) is 41.6 Å². The average molecular weight is 366 g/mol. The normalized spacial score (nSPS) is 23.1. The third-order valence-electron chi connectivity index (χ3n) is 5.70. The fourth-order valence-corrected chi connectivity index (χ4v) is 4.24. The number of hydrogen-bond donors (Lipinski definition) is 0. The smallest absolute Gasteiger partial charge is 0.222 e. The highest BCUT2D eigenvalue weighted by Gasteiger charge is 2.42. The van der Waals surface area contributed by atoms with Crippen LogP contribution in [-0.2, 0) is 11.3 Å².